The normalized spacial score (nSPS) is 25.9. The fraction of sp³-hybridized carbons (Fsp3) is 0.611. The second-order valence-electron chi connectivity index (χ2n) is 7.11. The zero-order chi connectivity index (χ0) is 17.3. The predicted octanol–water partition coefficient (Wildman–Crippen LogP) is 0.972. The Morgan fingerprint density at radius 3 is 2.44 bits per heavy atom. The van der Waals surface area contributed by atoms with Crippen LogP contribution in [0.4, 0.5) is 4.79 Å². The third-order valence-corrected chi connectivity index (χ3v) is 5.76. The molecule has 4 heterocycles. The number of likely N-dealkylation sites (tertiary alicyclic amines) is 1. The average molecular weight is 344 g/mol. The number of carbonyl (C=O) groups excluding carboxylic acids is 2. The Hall–Kier alpha value is -2.15. The van der Waals surface area contributed by atoms with Crippen molar-refractivity contribution in [3.63, 3.8) is 0 Å². The Labute approximate surface area is 147 Å². The van der Waals surface area contributed by atoms with E-state index in [0.717, 1.165) is 18.4 Å². The Morgan fingerprint density at radius 1 is 1.12 bits per heavy atom. The van der Waals surface area contributed by atoms with Crippen molar-refractivity contribution in [1.82, 2.24) is 20.1 Å². The summed E-state index contributed by atoms with van der Waals surface area (Å²) in [4.78, 5) is 32.7. The quantitative estimate of drug-likeness (QED) is 0.824. The summed E-state index contributed by atoms with van der Waals surface area (Å²) in [6.45, 7) is 3.91. The largest absolute Gasteiger partial charge is 0.378 e. The van der Waals surface area contributed by atoms with Crippen LogP contribution in [0, 0.1) is 0 Å². The van der Waals surface area contributed by atoms with Crippen LogP contribution in [-0.4, -0.2) is 71.7 Å². The second kappa shape index (κ2) is 6.63. The van der Waals surface area contributed by atoms with E-state index in [1.54, 1.807) is 12.4 Å². The monoisotopic (exact) mass is 344 g/mol. The highest BCUT2D eigenvalue weighted by molar-refractivity contribution is 5.81. The maximum Gasteiger partial charge on any atom is 0.320 e. The standard InChI is InChI=1S/C18H24N4O3/c23-16-13-15(14-1-5-19-6-2-14)18(20-16)3-7-21(8-4-18)17(24)22-9-11-25-12-10-22/h1-2,5-6,15H,3-4,7-13H2,(H,20,23). The molecule has 3 saturated heterocycles. The van der Waals surface area contributed by atoms with E-state index in [9.17, 15) is 9.59 Å². The van der Waals surface area contributed by atoms with Gasteiger partial charge in [-0.2, -0.15) is 0 Å². The van der Waals surface area contributed by atoms with Crippen molar-refractivity contribution in [2.75, 3.05) is 39.4 Å². The highest BCUT2D eigenvalue weighted by Gasteiger charge is 2.49. The zero-order valence-corrected chi connectivity index (χ0v) is 14.3. The fourth-order valence-corrected chi connectivity index (χ4v) is 4.35. The van der Waals surface area contributed by atoms with Crippen LogP contribution < -0.4 is 5.32 Å². The molecule has 3 fully saturated rings. The Bertz CT molecular complexity index is 637. The number of piperidine rings is 1. The molecule has 1 spiro atoms. The number of nitrogens with zero attached hydrogens (tertiary/aromatic N) is 3. The topological polar surface area (TPSA) is 74.8 Å². The van der Waals surface area contributed by atoms with Crippen LogP contribution in [0.2, 0.25) is 0 Å². The van der Waals surface area contributed by atoms with Gasteiger partial charge in [0.05, 0.1) is 18.8 Å². The molecular weight excluding hydrogens is 320 g/mol. The van der Waals surface area contributed by atoms with Crippen molar-refractivity contribution in [3.8, 4) is 0 Å². The molecule has 7 heteroatoms. The first-order valence-corrected chi connectivity index (χ1v) is 9.00. The third-order valence-electron chi connectivity index (χ3n) is 5.76. The van der Waals surface area contributed by atoms with Crippen LogP contribution >= 0.6 is 0 Å². The first kappa shape index (κ1) is 16.3. The first-order valence-electron chi connectivity index (χ1n) is 9.00. The van der Waals surface area contributed by atoms with E-state index in [4.69, 9.17) is 4.74 Å². The molecular formula is C18H24N4O3. The number of morpholine rings is 1. The van der Waals surface area contributed by atoms with E-state index in [1.807, 2.05) is 21.9 Å². The summed E-state index contributed by atoms with van der Waals surface area (Å²) in [5.41, 5.74) is 0.918. The summed E-state index contributed by atoms with van der Waals surface area (Å²) in [5.74, 6) is 0.262. The lowest BCUT2D eigenvalue weighted by molar-refractivity contribution is -0.120. The fourth-order valence-electron chi connectivity index (χ4n) is 4.35. The summed E-state index contributed by atoms with van der Waals surface area (Å²) in [6.07, 6.45) is 5.66. The van der Waals surface area contributed by atoms with Gasteiger partial charge in [0, 0.05) is 50.9 Å². The smallest absolute Gasteiger partial charge is 0.320 e. The van der Waals surface area contributed by atoms with Gasteiger partial charge in [0.25, 0.3) is 0 Å². The van der Waals surface area contributed by atoms with Crippen molar-refractivity contribution >= 4 is 11.9 Å². The molecule has 1 unspecified atom stereocenters. The molecule has 0 bridgehead atoms. The molecule has 134 valence electrons. The number of rotatable bonds is 1. The van der Waals surface area contributed by atoms with E-state index in [2.05, 4.69) is 10.3 Å². The lowest BCUT2D eigenvalue weighted by Gasteiger charge is -2.44. The highest BCUT2D eigenvalue weighted by Crippen LogP contribution is 2.43. The molecule has 1 atom stereocenters. The Kier molecular flexibility index (Phi) is 4.33. The molecule has 7 nitrogen and oxygen atoms in total. The molecule has 1 aromatic rings. The molecule has 4 rings (SSSR count). The number of nitrogens with one attached hydrogen (secondary N) is 1. The van der Waals surface area contributed by atoms with Gasteiger partial charge in [0.2, 0.25) is 5.91 Å². The van der Waals surface area contributed by atoms with Gasteiger partial charge in [-0.15, -0.1) is 0 Å². The molecule has 3 aliphatic rings. The summed E-state index contributed by atoms with van der Waals surface area (Å²) < 4.78 is 5.32. The number of hydrogen-bond acceptors (Lipinski definition) is 4. The number of hydrogen-bond donors (Lipinski definition) is 1. The van der Waals surface area contributed by atoms with Gasteiger partial charge in [0.1, 0.15) is 0 Å². The van der Waals surface area contributed by atoms with Crippen LogP contribution in [0.25, 0.3) is 0 Å². The summed E-state index contributed by atoms with van der Waals surface area (Å²) in [7, 11) is 0. The van der Waals surface area contributed by atoms with Crippen molar-refractivity contribution in [2.24, 2.45) is 0 Å². The minimum atomic E-state index is -0.236. The van der Waals surface area contributed by atoms with Gasteiger partial charge in [-0.25, -0.2) is 4.79 Å². The number of amides is 3. The molecule has 0 aliphatic carbocycles. The molecule has 0 aromatic carbocycles. The Balaban J connectivity index is 1.46. The van der Waals surface area contributed by atoms with Gasteiger partial charge in [-0.3, -0.25) is 9.78 Å². The van der Waals surface area contributed by atoms with Crippen molar-refractivity contribution in [1.29, 1.82) is 0 Å². The second-order valence-corrected chi connectivity index (χ2v) is 7.11. The SMILES string of the molecule is O=C1CC(c2ccncc2)C2(CCN(C(=O)N3CCOCC3)CC2)N1. The van der Waals surface area contributed by atoms with Gasteiger partial charge < -0.3 is 19.9 Å². The van der Waals surface area contributed by atoms with Crippen LogP contribution in [0.15, 0.2) is 24.5 Å². The van der Waals surface area contributed by atoms with Gasteiger partial charge >= 0.3 is 6.03 Å². The molecule has 0 saturated carbocycles. The van der Waals surface area contributed by atoms with Crippen molar-refractivity contribution in [3.05, 3.63) is 30.1 Å². The molecule has 3 aliphatic heterocycles. The van der Waals surface area contributed by atoms with Crippen LogP contribution in [0.1, 0.15) is 30.7 Å². The minimum Gasteiger partial charge on any atom is -0.378 e. The number of carbonyl (C=O) groups is 2. The summed E-state index contributed by atoms with van der Waals surface area (Å²) in [6, 6.07) is 4.10. The van der Waals surface area contributed by atoms with Crippen LogP contribution in [0.5, 0.6) is 0 Å². The van der Waals surface area contributed by atoms with E-state index >= 15 is 0 Å². The number of ether oxygens (including phenoxy) is 1. The van der Waals surface area contributed by atoms with Crippen molar-refractivity contribution in [2.45, 2.75) is 30.7 Å². The van der Waals surface area contributed by atoms with Crippen molar-refractivity contribution < 1.29 is 14.3 Å². The Morgan fingerprint density at radius 2 is 1.76 bits per heavy atom. The van der Waals surface area contributed by atoms with Crippen LogP contribution in [0.3, 0.4) is 0 Å². The minimum absolute atomic E-state index is 0.0999. The molecule has 1 N–H and O–H groups in total. The molecule has 25 heavy (non-hydrogen) atoms. The summed E-state index contributed by atoms with van der Waals surface area (Å²) in [5, 5.41) is 3.23. The maximum absolute atomic E-state index is 12.7. The lowest BCUT2D eigenvalue weighted by atomic mass is 9.74. The highest BCUT2D eigenvalue weighted by atomic mass is 16.5. The summed E-state index contributed by atoms with van der Waals surface area (Å²) >= 11 is 0. The molecule has 3 amide bonds. The van der Waals surface area contributed by atoms with Crippen LogP contribution in [-0.2, 0) is 9.53 Å². The number of urea groups is 1. The third kappa shape index (κ3) is 3.08. The predicted molar refractivity (Wildman–Crippen MR) is 91.1 cm³/mol. The molecule has 0 radical (unpaired) electrons. The number of pyridine rings is 1. The van der Waals surface area contributed by atoms with E-state index in [-0.39, 0.29) is 23.4 Å². The van der Waals surface area contributed by atoms with Gasteiger partial charge in [-0.05, 0) is 30.5 Å². The average Bonchev–Trinajstić information content (AvgIpc) is 2.99. The van der Waals surface area contributed by atoms with E-state index in [1.165, 1.54) is 0 Å². The zero-order valence-electron chi connectivity index (χ0n) is 14.3. The van der Waals surface area contributed by atoms with Gasteiger partial charge in [0.15, 0.2) is 0 Å². The molecule has 1 aromatic heterocycles. The lowest BCUT2D eigenvalue weighted by Crippen LogP contribution is -2.57. The maximum atomic E-state index is 12.7. The van der Waals surface area contributed by atoms with Gasteiger partial charge in [-0.1, -0.05) is 0 Å². The first-order chi connectivity index (χ1) is 12.2. The number of aromatic nitrogens is 1. The van der Waals surface area contributed by atoms with E-state index in [0.29, 0.717) is 45.8 Å². The van der Waals surface area contributed by atoms with E-state index < -0.39 is 0 Å².